The highest BCUT2D eigenvalue weighted by atomic mass is 32.2. The van der Waals surface area contributed by atoms with Gasteiger partial charge in [0.25, 0.3) is 0 Å². The van der Waals surface area contributed by atoms with E-state index in [1.807, 2.05) is 30.3 Å². The van der Waals surface area contributed by atoms with Gasteiger partial charge in [-0.15, -0.1) is 0 Å². The SMILES string of the molecule is COc1ccc(OC)c(S(=O)(=O)N2CCC[C@@H](C(=O)N(C)c3ccccc3)C2)c1. The summed E-state index contributed by atoms with van der Waals surface area (Å²) in [4.78, 5) is 14.6. The van der Waals surface area contributed by atoms with Gasteiger partial charge in [-0.05, 0) is 37.1 Å². The lowest BCUT2D eigenvalue weighted by Gasteiger charge is -2.33. The summed E-state index contributed by atoms with van der Waals surface area (Å²) >= 11 is 0. The van der Waals surface area contributed by atoms with Gasteiger partial charge in [0.15, 0.2) is 0 Å². The van der Waals surface area contributed by atoms with Crippen molar-refractivity contribution in [2.24, 2.45) is 5.92 Å². The first-order valence-electron chi connectivity index (χ1n) is 9.43. The largest absolute Gasteiger partial charge is 0.497 e. The molecule has 0 bridgehead atoms. The van der Waals surface area contributed by atoms with Gasteiger partial charge in [0.2, 0.25) is 15.9 Å². The number of amides is 1. The molecule has 2 aromatic carbocycles. The highest BCUT2D eigenvalue weighted by Gasteiger charge is 2.36. The van der Waals surface area contributed by atoms with Crippen molar-refractivity contribution in [3.05, 3.63) is 48.5 Å². The Kier molecular flexibility index (Phi) is 6.44. The minimum atomic E-state index is -3.84. The van der Waals surface area contributed by atoms with Crippen LogP contribution in [0, 0.1) is 5.92 Å². The molecule has 7 nitrogen and oxygen atoms in total. The normalized spacial score (nSPS) is 17.6. The highest BCUT2D eigenvalue weighted by molar-refractivity contribution is 7.89. The monoisotopic (exact) mass is 418 g/mol. The van der Waals surface area contributed by atoms with E-state index in [1.165, 1.54) is 24.6 Å². The molecule has 1 amide bonds. The molecule has 1 heterocycles. The second-order valence-electron chi connectivity index (χ2n) is 6.95. The Bertz CT molecular complexity index is 962. The number of hydrogen-bond donors (Lipinski definition) is 0. The molecular weight excluding hydrogens is 392 g/mol. The topological polar surface area (TPSA) is 76.1 Å². The molecule has 1 saturated heterocycles. The van der Waals surface area contributed by atoms with Gasteiger partial charge in [0.1, 0.15) is 16.4 Å². The van der Waals surface area contributed by atoms with Crippen LogP contribution in [0.5, 0.6) is 11.5 Å². The standard InChI is InChI=1S/C21H26N2O5S/c1-22(17-9-5-4-6-10-17)21(24)16-8-7-13-23(15-16)29(25,26)20-14-18(27-2)11-12-19(20)28-3/h4-6,9-12,14,16H,7-8,13,15H2,1-3H3/t16-/m1/s1. The van der Waals surface area contributed by atoms with Gasteiger partial charge in [-0.1, -0.05) is 18.2 Å². The minimum absolute atomic E-state index is 0.0452. The Hall–Kier alpha value is -2.58. The van der Waals surface area contributed by atoms with Crippen molar-refractivity contribution in [1.29, 1.82) is 0 Å². The molecule has 1 aliphatic rings. The maximum atomic E-state index is 13.3. The molecule has 29 heavy (non-hydrogen) atoms. The Labute approximate surface area is 171 Å². The van der Waals surface area contributed by atoms with Gasteiger partial charge in [-0.2, -0.15) is 4.31 Å². The van der Waals surface area contributed by atoms with Crippen LogP contribution in [-0.4, -0.2) is 53.0 Å². The van der Waals surface area contributed by atoms with Gasteiger partial charge in [0.05, 0.1) is 20.1 Å². The number of sulfonamides is 1. The fourth-order valence-electron chi connectivity index (χ4n) is 3.54. The molecule has 0 radical (unpaired) electrons. The van der Waals surface area contributed by atoms with E-state index in [9.17, 15) is 13.2 Å². The van der Waals surface area contributed by atoms with E-state index in [1.54, 1.807) is 24.1 Å². The first-order valence-corrected chi connectivity index (χ1v) is 10.9. The maximum absolute atomic E-state index is 13.3. The predicted octanol–water partition coefficient (Wildman–Crippen LogP) is 2.77. The Morgan fingerprint density at radius 3 is 2.48 bits per heavy atom. The van der Waals surface area contributed by atoms with Crippen molar-refractivity contribution < 1.29 is 22.7 Å². The number of ether oxygens (including phenoxy) is 2. The first kappa shape index (κ1) is 21.1. The second-order valence-corrected chi connectivity index (χ2v) is 8.86. The van der Waals surface area contributed by atoms with E-state index >= 15 is 0 Å². The van der Waals surface area contributed by atoms with Crippen LogP contribution >= 0.6 is 0 Å². The number of benzene rings is 2. The summed E-state index contributed by atoms with van der Waals surface area (Å²) in [5.41, 5.74) is 0.784. The second kappa shape index (κ2) is 8.84. The third-order valence-electron chi connectivity index (χ3n) is 5.20. The van der Waals surface area contributed by atoms with E-state index in [4.69, 9.17) is 9.47 Å². The Morgan fingerprint density at radius 2 is 1.83 bits per heavy atom. The van der Waals surface area contributed by atoms with Crippen molar-refractivity contribution in [1.82, 2.24) is 4.31 Å². The summed E-state index contributed by atoms with van der Waals surface area (Å²) < 4.78 is 38.4. The van der Waals surface area contributed by atoms with Gasteiger partial charge < -0.3 is 14.4 Å². The summed E-state index contributed by atoms with van der Waals surface area (Å²) in [5.74, 6) is 0.188. The number of methoxy groups -OCH3 is 2. The van der Waals surface area contributed by atoms with Crippen LogP contribution in [0.1, 0.15) is 12.8 Å². The Morgan fingerprint density at radius 1 is 1.10 bits per heavy atom. The molecule has 0 unspecified atom stereocenters. The molecule has 8 heteroatoms. The van der Waals surface area contributed by atoms with Crippen molar-refractivity contribution in [3.63, 3.8) is 0 Å². The summed E-state index contributed by atoms with van der Waals surface area (Å²) in [6.45, 7) is 0.500. The van der Waals surface area contributed by atoms with E-state index in [2.05, 4.69) is 0 Å². The fraction of sp³-hybridized carbons (Fsp3) is 0.381. The van der Waals surface area contributed by atoms with Crippen molar-refractivity contribution in [2.45, 2.75) is 17.7 Å². The third kappa shape index (κ3) is 4.38. The highest BCUT2D eigenvalue weighted by Crippen LogP contribution is 2.33. The molecule has 0 N–H and O–H groups in total. The minimum Gasteiger partial charge on any atom is -0.497 e. The molecule has 156 valence electrons. The number of rotatable bonds is 6. The number of carbonyl (C=O) groups is 1. The number of piperidine rings is 1. The summed E-state index contributed by atoms with van der Waals surface area (Å²) in [7, 11) is 0.790. The summed E-state index contributed by atoms with van der Waals surface area (Å²) in [5, 5.41) is 0. The van der Waals surface area contributed by atoms with E-state index in [0.29, 0.717) is 25.1 Å². The zero-order chi connectivity index (χ0) is 21.0. The quantitative estimate of drug-likeness (QED) is 0.721. The van der Waals surface area contributed by atoms with E-state index < -0.39 is 15.9 Å². The Balaban J connectivity index is 1.84. The number of carbonyl (C=O) groups excluding carboxylic acids is 1. The van der Waals surface area contributed by atoms with Gasteiger partial charge >= 0.3 is 0 Å². The lowest BCUT2D eigenvalue weighted by molar-refractivity contribution is -0.123. The van der Waals surface area contributed by atoms with Crippen LogP contribution in [0.15, 0.2) is 53.4 Å². The van der Waals surface area contributed by atoms with Crippen molar-refractivity contribution >= 4 is 21.6 Å². The molecular formula is C21H26N2O5S. The van der Waals surface area contributed by atoms with E-state index in [0.717, 1.165) is 5.69 Å². The van der Waals surface area contributed by atoms with Gasteiger partial charge in [-0.25, -0.2) is 8.42 Å². The smallest absolute Gasteiger partial charge is 0.246 e. The molecule has 1 fully saturated rings. The number of hydrogen-bond acceptors (Lipinski definition) is 5. The fourth-order valence-corrected chi connectivity index (χ4v) is 5.23. The van der Waals surface area contributed by atoms with Crippen LogP contribution in [-0.2, 0) is 14.8 Å². The zero-order valence-electron chi connectivity index (χ0n) is 16.9. The van der Waals surface area contributed by atoms with Crippen molar-refractivity contribution in [2.75, 3.05) is 39.3 Å². The number of anilines is 1. The van der Waals surface area contributed by atoms with Crippen LogP contribution in [0.3, 0.4) is 0 Å². The molecule has 3 rings (SSSR count). The number of para-hydroxylation sites is 1. The molecule has 1 aliphatic heterocycles. The molecule has 1 atom stereocenters. The van der Waals surface area contributed by atoms with Crippen LogP contribution in [0.25, 0.3) is 0 Å². The van der Waals surface area contributed by atoms with Gasteiger partial charge in [0, 0.05) is 31.9 Å². The summed E-state index contributed by atoms with van der Waals surface area (Å²) in [6.07, 6.45) is 1.27. The molecule has 0 spiro atoms. The van der Waals surface area contributed by atoms with Crippen molar-refractivity contribution in [3.8, 4) is 11.5 Å². The average Bonchev–Trinajstić information content (AvgIpc) is 2.78. The zero-order valence-corrected chi connectivity index (χ0v) is 17.7. The van der Waals surface area contributed by atoms with Crippen LogP contribution in [0.4, 0.5) is 5.69 Å². The van der Waals surface area contributed by atoms with Gasteiger partial charge in [-0.3, -0.25) is 4.79 Å². The van der Waals surface area contributed by atoms with Crippen LogP contribution in [0.2, 0.25) is 0 Å². The maximum Gasteiger partial charge on any atom is 0.246 e. The molecule has 0 aromatic heterocycles. The number of nitrogens with zero attached hydrogens (tertiary/aromatic N) is 2. The lowest BCUT2D eigenvalue weighted by Crippen LogP contribution is -2.46. The van der Waals surface area contributed by atoms with Crippen LogP contribution < -0.4 is 14.4 Å². The third-order valence-corrected chi connectivity index (χ3v) is 7.08. The average molecular weight is 419 g/mol. The molecule has 2 aromatic rings. The lowest BCUT2D eigenvalue weighted by atomic mass is 9.98. The predicted molar refractivity (Wildman–Crippen MR) is 111 cm³/mol. The summed E-state index contributed by atoms with van der Waals surface area (Å²) in [6, 6.07) is 14.0. The van der Waals surface area contributed by atoms with E-state index in [-0.39, 0.29) is 23.1 Å². The molecule has 0 aliphatic carbocycles. The first-order chi connectivity index (χ1) is 13.9. The molecule has 0 saturated carbocycles.